The minimum atomic E-state index is 0.0110. The van der Waals surface area contributed by atoms with Crippen LogP contribution in [0.15, 0.2) is 42.5 Å². The van der Waals surface area contributed by atoms with Crippen LogP contribution in [0, 0.1) is 5.92 Å². The molecule has 1 heterocycles. The van der Waals surface area contributed by atoms with Crippen LogP contribution in [0.1, 0.15) is 23.2 Å². The van der Waals surface area contributed by atoms with Crippen LogP contribution >= 0.6 is 0 Å². The Morgan fingerprint density at radius 2 is 1.96 bits per heavy atom. The van der Waals surface area contributed by atoms with E-state index >= 15 is 0 Å². The van der Waals surface area contributed by atoms with Crippen molar-refractivity contribution in [1.29, 1.82) is 0 Å². The third-order valence-corrected chi connectivity index (χ3v) is 5.38. The van der Waals surface area contributed by atoms with Gasteiger partial charge in [0.1, 0.15) is 0 Å². The molecular formula is C22H24N2O3. The molecule has 0 spiro atoms. The molecule has 3 aromatic rings. The van der Waals surface area contributed by atoms with Gasteiger partial charge in [0.2, 0.25) is 5.91 Å². The van der Waals surface area contributed by atoms with Crippen molar-refractivity contribution in [3.8, 4) is 11.5 Å². The number of aromatic amines is 1. The molecule has 1 amide bonds. The number of para-hydroxylation sites is 1. The number of hydrogen-bond acceptors (Lipinski definition) is 3. The number of carbonyl (C=O) groups is 1. The smallest absolute Gasteiger partial charge is 0.223 e. The van der Waals surface area contributed by atoms with Crippen LogP contribution in [0.4, 0.5) is 0 Å². The first-order chi connectivity index (χ1) is 13.2. The molecule has 0 fully saturated rings. The number of fused-ring (bicyclic) bond motifs is 3. The first-order valence-electron chi connectivity index (χ1n) is 9.26. The number of rotatable bonds is 5. The lowest BCUT2D eigenvalue weighted by Gasteiger charge is -2.22. The largest absolute Gasteiger partial charge is 0.493 e. The Morgan fingerprint density at radius 1 is 1.15 bits per heavy atom. The Balaban J connectivity index is 1.44. The van der Waals surface area contributed by atoms with E-state index in [0.717, 1.165) is 30.3 Å². The highest BCUT2D eigenvalue weighted by molar-refractivity contribution is 5.87. The summed E-state index contributed by atoms with van der Waals surface area (Å²) in [4.78, 5) is 16.2. The minimum absolute atomic E-state index is 0.0110. The molecule has 1 atom stereocenters. The van der Waals surface area contributed by atoms with Crippen LogP contribution in [0.3, 0.4) is 0 Å². The molecule has 27 heavy (non-hydrogen) atoms. The molecule has 0 saturated carbocycles. The van der Waals surface area contributed by atoms with Gasteiger partial charge in [0, 0.05) is 29.1 Å². The van der Waals surface area contributed by atoms with Crippen LogP contribution in [-0.2, 0) is 24.2 Å². The van der Waals surface area contributed by atoms with E-state index < -0.39 is 0 Å². The maximum Gasteiger partial charge on any atom is 0.223 e. The van der Waals surface area contributed by atoms with Gasteiger partial charge >= 0.3 is 0 Å². The molecule has 1 unspecified atom stereocenters. The van der Waals surface area contributed by atoms with Gasteiger partial charge in [-0.25, -0.2) is 0 Å². The molecule has 5 heteroatoms. The second kappa shape index (κ2) is 7.35. The van der Waals surface area contributed by atoms with E-state index in [1.807, 2.05) is 24.3 Å². The zero-order chi connectivity index (χ0) is 18.8. The number of carbonyl (C=O) groups excluding carboxylic acids is 1. The number of ether oxygens (including phenoxy) is 2. The van der Waals surface area contributed by atoms with Crippen molar-refractivity contribution < 1.29 is 14.3 Å². The number of H-pyrrole nitrogens is 1. The van der Waals surface area contributed by atoms with E-state index in [0.29, 0.717) is 18.0 Å². The molecule has 0 aliphatic heterocycles. The van der Waals surface area contributed by atoms with Crippen LogP contribution in [0.25, 0.3) is 10.9 Å². The first-order valence-corrected chi connectivity index (χ1v) is 9.26. The van der Waals surface area contributed by atoms with Gasteiger partial charge in [0.05, 0.1) is 14.2 Å². The topological polar surface area (TPSA) is 63.3 Å². The predicted molar refractivity (Wildman–Crippen MR) is 105 cm³/mol. The zero-order valence-electron chi connectivity index (χ0n) is 15.7. The lowest BCUT2D eigenvalue weighted by Crippen LogP contribution is -2.33. The van der Waals surface area contributed by atoms with Gasteiger partial charge in [-0.05, 0) is 48.6 Å². The van der Waals surface area contributed by atoms with Crippen molar-refractivity contribution in [2.24, 2.45) is 5.92 Å². The van der Waals surface area contributed by atoms with Crippen molar-refractivity contribution in [3.63, 3.8) is 0 Å². The van der Waals surface area contributed by atoms with E-state index in [4.69, 9.17) is 9.47 Å². The molecule has 1 aliphatic rings. The average molecular weight is 364 g/mol. The summed E-state index contributed by atoms with van der Waals surface area (Å²) in [7, 11) is 3.22. The number of hydrogen-bond donors (Lipinski definition) is 2. The van der Waals surface area contributed by atoms with Gasteiger partial charge in [0.25, 0.3) is 0 Å². The van der Waals surface area contributed by atoms with Crippen LogP contribution < -0.4 is 14.8 Å². The normalized spacial score (nSPS) is 16.0. The van der Waals surface area contributed by atoms with Crippen molar-refractivity contribution in [2.45, 2.75) is 25.8 Å². The molecule has 140 valence electrons. The minimum Gasteiger partial charge on any atom is -0.493 e. The quantitative estimate of drug-likeness (QED) is 0.727. The summed E-state index contributed by atoms with van der Waals surface area (Å²) >= 11 is 0. The van der Waals surface area contributed by atoms with E-state index in [1.54, 1.807) is 14.2 Å². The monoisotopic (exact) mass is 364 g/mol. The maximum atomic E-state index is 12.7. The number of methoxy groups -OCH3 is 2. The van der Waals surface area contributed by atoms with E-state index in [1.165, 1.54) is 16.6 Å². The molecule has 1 aliphatic carbocycles. The summed E-state index contributed by atoms with van der Waals surface area (Å²) in [6.45, 7) is 0.483. The van der Waals surface area contributed by atoms with E-state index in [-0.39, 0.29) is 11.8 Å². The van der Waals surface area contributed by atoms with Crippen molar-refractivity contribution >= 4 is 16.8 Å². The van der Waals surface area contributed by atoms with Gasteiger partial charge in [0.15, 0.2) is 11.5 Å². The fourth-order valence-corrected chi connectivity index (χ4v) is 3.92. The molecule has 0 bridgehead atoms. The molecule has 5 nitrogen and oxygen atoms in total. The Morgan fingerprint density at radius 3 is 2.78 bits per heavy atom. The molecule has 4 rings (SSSR count). The van der Waals surface area contributed by atoms with Gasteiger partial charge < -0.3 is 19.8 Å². The SMILES string of the molecule is COc1ccc(CNC(=O)C2CCc3[nH]c4ccccc4c3C2)cc1OC. The first kappa shape index (κ1) is 17.5. The Labute approximate surface area is 158 Å². The molecule has 2 aromatic carbocycles. The van der Waals surface area contributed by atoms with Crippen molar-refractivity contribution in [2.75, 3.05) is 14.2 Å². The number of amides is 1. The Kier molecular flexibility index (Phi) is 4.75. The second-order valence-electron chi connectivity index (χ2n) is 6.97. The highest BCUT2D eigenvalue weighted by atomic mass is 16.5. The number of aromatic nitrogens is 1. The summed E-state index contributed by atoms with van der Waals surface area (Å²) < 4.78 is 10.6. The highest BCUT2D eigenvalue weighted by Gasteiger charge is 2.27. The summed E-state index contributed by atoms with van der Waals surface area (Å²) in [6.07, 6.45) is 2.58. The lowest BCUT2D eigenvalue weighted by atomic mass is 9.86. The summed E-state index contributed by atoms with van der Waals surface area (Å²) in [5.41, 5.74) is 4.72. The number of aryl methyl sites for hydroxylation is 1. The fraction of sp³-hybridized carbons (Fsp3) is 0.318. The van der Waals surface area contributed by atoms with Crippen LogP contribution in [-0.4, -0.2) is 25.1 Å². The molecule has 1 aromatic heterocycles. The van der Waals surface area contributed by atoms with Crippen molar-refractivity contribution in [1.82, 2.24) is 10.3 Å². The third-order valence-electron chi connectivity index (χ3n) is 5.38. The summed E-state index contributed by atoms with van der Waals surface area (Å²) in [5.74, 6) is 1.48. The standard InChI is InChI=1S/C22H24N2O3/c1-26-20-10-7-14(11-21(20)27-2)13-23-22(25)15-8-9-19-17(12-15)16-5-3-4-6-18(16)24-19/h3-7,10-11,15,24H,8-9,12-13H2,1-2H3,(H,23,25). The van der Waals surface area contributed by atoms with Crippen LogP contribution in [0.5, 0.6) is 11.5 Å². The van der Waals surface area contributed by atoms with Gasteiger partial charge in [-0.15, -0.1) is 0 Å². The van der Waals surface area contributed by atoms with Gasteiger partial charge in [-0.2, -0.15) is 0 Å². The van der Waals surface area contributed by atoms with Gasteiger partial charge in [-0.1, -0.05) is 24.3 Å². The Bertz CT molecular complexity index is 977. The van der Waals surface area contributed by atoms with E-state index in [9.17, 15) is 4.79 Å². The summed E-state index contributed by atoms with van der Waals surface area (Å²) in [5, 5.41) is 4.32. The molecule has 0 saturated heterocycles. The lowest BCUT2D eigenvalue weighted by molar-refractivity contribution is -0.125. The zero-order valence-corrected chi connectivity index (χ0v) is 15.7. The molecule has 2 N–H and O–H groups in total. The predicted octanol–water partition coefficient (Wildman–Crippen LogP) is 3.61. The number of benzene rings is 2. The Hall–Kier alpha value is -2.95. The molecular weight excluding hydrogens is 340 g/mol. The highest BCUT2D eigenvalue weighted by Crippen LogP contribution is 2.32. The summed E-state index contributed by atoms with van der Waals surface area (Å²) in [6, 6.07) is 14.0. The van der Waals surface area contributed by atoms with E-state index in [2.05, 4.69) is 28.5 Å². The third kappa shape index (κ3) is 3.37. The average Bonchev–Trinajstić information content (AvgIpc) is 3.09. The molecule has 0 radical (unpaired) electrons. The fourth-order valence-electron chi connectivity index (χ4n) is 3.92. The second-order valence-corrected chi connectivity index (χ2v) is 6.97. The van der Waals surface area contributed by atoms with Crippen molar-refractivity contribution in [3.05, 3.63) is 59.3 Å². The number of nitrogens with one attached hydrogen (secondary N) is 2. The van der Waals surface area contributed by atoms with Gasteiger partial charge in [-0.3, -0.25) is 4.79 Å². The maximum absolute atomic E-state index is 12.7. The van der Waals surface area contributed by atoms with Crippen LogP contribution in [0.2, 0.25) is 0 Å².